The Morgan fingerprint density at radius 3 is 2.88 bits per heavy atom. The minimum Gasteiger partial charge on any atom is -0.388 e. The van der Waals surface area contributed by atoms with E-state index in [4.69, 9.17) is 0 Å². The van der Waals surface area contributed by atoms with Crippen molar-refractivity contribution in [2.24, 2.45) is 0 Å². The molecule has 2 heterocycles. The first-order valence-electron chi connectivity index (χ1n) is 5.46. The molecule has 2 aromatic heterocycles. The Morgan fingerprint density at radius 2 is 2.25 bits per heavy atom. The van der Waals surface area contributed by atoms with Crippen LogP contribution in [0.1, 0.15) is 25.8 Å². The molecule has 1 aliphatic rings. The van der Waals surface area contributed by atoms with Crippen LogP contribution in [0.15, 0.2) is 24.8 Å². The fourth-order valence-corrected chi connectivity index (χ4v) is 2.00. The van der Waals surface area contributed by atoms with Crippen LogP contribution in [0.25, 0.3) is 11.6 Å². The van der Waals surface area contributed by atoms with E-state index in [1.807, 2.05) is 17.7 Å². The molecule has 0 bridgehead atoms. The van der Waals surface area contributed by atoms with Crippen molar-refractivity contribution < 1.29 is 5.11 Å². The first-order valence-corrected chi connectivity index (χ1v) is 5.46. The molecule has 2 N–H and O–H groups in total. The van der Waals surface area contributed by atoms with Gasteiger partial charge in [-0.25, -0.2) is 9.97 Å². The van der Waals surface area contributed by atoms with Crippen LogP contribution < -0.4 is 0 Å². The molecule has 3 rings (SSSR count). The van der Waals surface area contributed by atoms with Crippen molar-refractivity contribution in [2.75, 3.05) is 0 Å². The van der Waals surface area contributed by atoms with Crippen LogP contribution in [0.3, 0.4) is 0 Å². The molecular weight excluding hydrogens is 204 g/mol. The topological polar surface area (TPSA) is 66.7 Å². The summed E-state index contributed by atoms with van der Waals surface area (Å²) in [5.41, 5.74) is -0.554. The minimum atomic E-state index is -0.554. The van der Waals surface area contributed by atoms with E-state index in [1.165, 1.54) is 0 Å². The maximum absolute atomic E-state index is 10.1. The van der Waals surface area contributed by atoms with Gasteiger partial charge in [-0.2, -0.15) is 0 Å². The molecular formula is C11H14N4O. The Balaban J connectivity index is 1.99. The fourth-order valence-electron chi connectivity index (χ4n) is 2.00. The highest BCUT2D eigenvalue weighted by molar-refractivity contribution is 5.43. The summed E-state index contributed by atoms with van der Waals surface area (Å²) < 4.78 is 1.98. The number of nitrogens with zero attached hydrogens (tertiary/aromatic N) is 3. The van der Waals surface area contributed by atoms with Crippen molar-refractivity contribution in [3.8, 4) is 11.6 Å². The summed E-state index contributed by atoms with van der Waals surface area (Å²) in [6.45, 7) is 2.02. The Hall–Kier alpha value is -1.62. The molecule has 5 heteroatoms. The molecule has 2 aromatic rings. The maximum atomic E-state index is 10.1. The summed E-state index contributed by atoms with van der Waals surface area (Å²) in [5, 5.41) is 10.1. The zero-order chi connectivity index (χ0) is 11.2. The Morgan fingerprint density at radius 1 is 1.44 bits per heavy atom. The number of aliphatic hydroxyl groups is 1. The largest absolute Gasteiger partial charge is 0.388 e. The summed E-state index contributed by atoms with van der Waals surface area (Å²) in [7, 11) is 0. The van der Waals surface area contributed by atoms with Gasteiger partial charge >= 0.3 is 0 Å². The summed E-state index contributed by atoms with van der Waals surface area (Å²) in [6, 6.07) is 0.0371. The second-order valence-corrected chi connectivity index (χ2v) is 4.38. The van der Waals surface area contributed by atoms with E-state index >= 15 is 0 Å². The molecule has 1 fully saturated rings. The normalized spacial score (nSPS) is 19.6. The predicted octanol–water partition coefficient (Wildman–Crippen LogP) is 1.36. The van der Waals surface area contributed by atoms with Gasteiger partial charge in [-0.05, 0) is 19.8 Å². The summed E-state index contributed by atoms with van der Waals surface area (Å²) >= 11 is 0. The van der Waals surface area contributed by atoms with Gasteiger partial charge in [0.25, 0.3) is 0 Å². The molecule has 1 aliphatic carbocycles. The second kappa shape index (κ2) is 3.18. The SMILES string of the molecule is CC(n1ccnc1-c1ncc[nH]1)C1(O)CC1. The lowest BCUT2D eigenvalue weighted by molar-refractivity contribution is 0.0962. The van der Waals surface area contributed by atoms with Gasteiger partial charge in [-0.15, -0.1) is 0 Å². The highest BCUT2D eigenvalue weighted by Gasteiger charge is 2.46. The number of hydrogen-bond acceptors (Lipinski definition) is 3. The standard InChI is InChI=1S/C11H14N4O/c1-8(11(16)2-3-11)15-7-6-14-10(15)9-12-4-5-13-9/h4-8,16H,2-3H2,1H3,(H,12,13). The van der Waals surface area contributed by atoms with E-state index in [9.17, 15) is 5.11 Å². The first kappa shape index (κ1) is 9.59. The van der Waals surface area contributed by atoms with Crippen LogP contribution in [0.4, 0.5) is 0 Å². The Kier molecular flexibility index (Phi) is 1.91. The van der Waals surface area contributed by atoms with Crippen molar-refractivity contribution in [2.45, 2.75) is 31.4 Å². The third-order valence-electron chi connectivity index (χ3n) is 3.34. The number of aromatic amines is 1. The van der Waals surface area contributed by atoms with Gasteiger partial charge in [-0.1, -0.05) is 0 Å². The van der Waals surface area contributed by atoms with Crippen LogP contribution >= 0.6 is 0 Å². The van der Waals surface area contributed by atoms with E-state index < -0.39 is 5.60 Å². The van der Waals surface area contributed by atoms with Crippen molar-refractivity contribution in [3.63, 3.8) is 0 Å². The molecule has 0 spiro atoms. The van der Waals surface area contributed by atoms with Crippen LogP contribution in [0, 0.1) is 0 Å². The fraction of sp³-hybridized carbons (Fsp3) is 0.455. The molecule has 0 saturated heterocycles. The number of hydrogen-bond donors (Lipinski definition) is 2. The lowest BCUT2D eigenvalue weighted by atomic mass is 10.1. The van der Waals surface area contributed by atoms with E-state index in [2.05, 4.69) is 15.0 Å². The van der Waals surface area contributed by atoms with Crippen molar-refractivity contribution in [1.29, 1.82) is 0 Å². The van der Waals surface area contributed by atoms with Crippen molar-refractivity contribution in [3.05, 3.63) is 24.8 Å². The summed E-state index contributed by atoms with van der Waals surface area (Å²) in [4.78, 5) is 11.5. The zero-order valence-corrected chi connectivity index (χ0v) is 9.09. The summed E-state index contributed by atoms with van der Waals surface area (Å²) in [5.74, 6) is 1.51. The Bertz CT molecular complexity index is 484. The van der Waals surface area contributed by atoms with Gasteiger partial charge in [0.2, 0.25) is 0 Å². The summed E-state index contributed by atoms with van der Waals surface area (Å²) in [6.07, 6.45) is 8.82. The van der Waals surface area contributed by atoms with E-state index in [1.54, 1.807) is 18.6 Å². The molecule has 84 valence electrons. The molecule has 16 heavy (non-hydrogen) atoms. The third kappa shape index (κ3) is 1.36. The maximum Gasteiger partial charge on any atom is 0.176 e. The number of rotatable bonds is 3. The van der Waals surface area contributed by atoms with Crippen LogP contribution in [0.2, 0.25) is 0 Å². The quantitative estimate of drug-likeness (QED) is 0.817. The van der Waals surface area contributed by atoms with Crippen LogP contribution in [-0.2, 0) is 0 Å². The molecule has 0 amide bonds. The van der Waals surface area contributed by atoms with Gasteiger partial charge in [-0.3, -0.25) is 0 Å². The van der Waals surface area contributed by atoms with Crippen LogP contribution in [0.5, 0.6) is 0 Å². The van der Waals surface area contributed by atoms with Crippen LogP contribution in [-0.4, -0.2) is 30.2 Å². The number of aromatic nitrogens is 4. The number of H-pyrrole nitrogens is 1. The van der Waals surface area contributed by atoms with E-state index in [0.717, 1.165) is 24.5 Å². The molecule has 0 aromatic carbocycles. The molecule has 5 nitrogen and oxygen atoms in total. The van der Waals surface area contributed by atoms with Gasteiger partial charge in [0.05, 0.1) is 11.6 Å². The van der Waals surface area contributed by atoms with Gasteiger partial charge in [0.1, 0.15) is 0 Å². The highest BCUT2D eigenvalue weighted by Crippen LogP contribution is 2.45. The molecule has 1 saturated carbocycles. The monoisotopic (exact) mass is 218 g/mol. The second-order valence-electron chi connectivity index (χ2n) is 4.38. The average molecular weight is 218 g/mol. The molecule has 0 radical (unpaired) electrons. The Labute approximate surface area is 93.2 Å². The predicted molar refractivity (Wildman–Crippen MR) is 58.7 cm³/mol. The lowest BCUT2D eigenvalue weighted by Gasteiger charge is -2.20. The smallest absolute Gasteiger partial charge is 0.176 e. The molecule has 1 unspecified atom stereocenters. The highest BCUT2D eigenvalue weighted by atomic mass is 16.3. The molecule has 1 atom stereocenters. The van der Waals surface area contributed by atoms with Crippen molar-refractivity contribution >= 4 is 0 Å². The minimum absolute atomic E-state index is 0.0371. The zero-order valence-electron chi connectivity index (χ0n) is 9.09. The van der Waals surface area contributed by atoms with Gasteiger partial charge in [0, 0.05) is 24.8 Å². The van der Waals surface area contributed by atoms with E-state index in [-0.39, 0.29) is 6.04 Å². The first-order chi connectivity index (χ1) is 7.71. The van der Waals surface area contributed by atoms with E-state index in [0.29, 0.717) is 0 Å². The van der Waals surface area contributed by atoms with Gasteiger partial charge < -0.3 is 14.7 Å². The lowest BCUT2D eigenvalue weighted by Crippen LogP contribution is -2.23. The number of imidazole rings is 2. The molecule has 0 aliphatic heterocycles. The third-order valence-corrected chi connectivity index (χ3v) is 3.34. The van der Waals surface area contributed by atoms with Gasteiger partial charge in [0.15, 0.2) is 11.6 Å². The average Bonchev–Trinajstić information content (AvgIpc) is 2.80. The number of nitrogens with one attached hydrogen (secondary N) is 1. The van der Waals surface area contributed by atoms with Crippen molar-refractivity contribution in [1.82, 2.24) is 19.5 Å².